The maximum Gasteiger partial charge on any atom is 0.126 e. The molecule has 0 atom stereocenters. The van der Waals surface area contributed by atoms with Gasteiger partial charge in [-0.25, -0.2) is 0 Å². The van der Waals surface area contributed by atoms with E-state index in [1.807, 2.05) is 6.07 Å². The summed E-state index contributed by atoms with van der Waals surface area (Å²) in [5, 5.41) is 2.53. The molecule has 0 radical (unpaired) electrons. The summed E-state index contributed by atoms with van der Waals surface area (Å²) in [6.07, 6.45) is 2.24. The second kappa shape index (κ2) is 4.99. The van der Waals surface area contributed by atoms with Crippen LogP contribution in [0.15, 0.2) is 36.4 Å². The number of hydrogen-bond donors (Lipinski definition) is 0. The van der Waals surface area contributed by atoms with Crippen LogP contribution in [-0.2, 0) is 4.74 Å². The van der Waals surface area contributed by atoms with Gasteiger partial charge in [-0.15, -0.1) is 0 Å². The molecule has 2 aromatic rings. The minimum Gasteiger partial charge on any atom is -0.496 e. The topological polar surface area (TPSA) is 18.5 Å². The number of fused-ring (bicyclic) bond motifs is 1. The average Bonchev–Trinajstić information content (AvgIpc) is 2.47. The third-order valence-corrected chi connectivity index (χ3v) is 3.80. The molecular weight excluding hydrogens is 224 g/mol. The Labute approximate surface area is 108 Å². The molecule has 0 saturated carbocycles. The van der Waals surface area contributed by atoms with Crippen LogP contribution in [0, 0.1) is 0 Å². The first-order chi connectivity index (χ1) is 8.90. The fourth-order valence-corrected chi connectivity index (χ4v) is 2.85. The maximum atomic E-state index is 5.45. The van der Waals surface area contributed by atoms with Crippen LogP contribution in [-0.4, -0.2) is 20.3 Å². The molecule has 94 valence electrons. The zero-order valence-corrected chi connectivity index (χ0v) is 10.7. The SMILES string of the molecule is COc1cccc2c(C3CCOCC3)cccc12. The first-order valence-corrected chi connectivity index (χ1v) is 6.53. The molecule has 1 aliphatic rings. The molecule has 0 N–H and O–H groups in total. The van der Waals surface area contributed by atoms with Crippen LogP contribution in [0.2, 0.25) is 0 Å². The molecule has 0 aromatic heterocycles. The van der Waals surface area contributed by atoms with Gasteiger partial charge in [-0.3, -0.25) is 0 Å². The number of rotatable bonds is 2. The lowest BCUT2D eigenvalue weighted by Gasteiger charge is -2.24. The highest BCUT2D eigenvalue weighted by molar-refractivity contribution is 5.91. The lowest BCUT2D eigenvalue weighted by Crippen LogP contribution is -2.14. The summed E-state index contributed by atoms with van der Waals surface area (Å²) in [6, 6.07) is 12.8. The highest BCUT2D eigenvalue weighted by atomic mass is 16.5. The van der Waals surface area contributed by atoms with E-state index in [2.05, 4.69) is 30.3 Å². The first kappa shape index (κ1) is 11.5. The molecule has 2 aromatic carbocycles. The zero-order chi connectivity index (χ0) is 12.4. The third kappa shape index (κ3) is 1.97. The molecule has 0 spiro atoms. The van der Waals surface area contributed by atoms with E-state index in [9.17, 15) is 0 Å². The predicted octanol–water partition coefficient (Wildman–Crippen LogP) is 3.74. The van der Waals surface area contributed by atoms with Gasteiger partial charge in [-0.2, -0.15) is 0 Å². The fourth-order valence-electron chi connectivity index (χ4n) is 2.85. The monoisotopic (exact) mass is 242 g/mol. The van der Waals surface area contributed by atoms with Crippen molar-refractivity contribution in [1.82, 2.24) is 0 Å². The van der Waals surface area contributed by atoms with Gasteiger partial charge < -0.3 is 9.47 Å². The van der Waals surface area contributed by atoms with Crippen LogP contribution in [0.3, 0.4) is 0 Å². The lowest BCUT2D eigenvalue weighted by atomic mass is 9.88. The average molecular weight is 242 g/mol. The van der Waals surface area contributed by atoms with E-state index >= 15 is 0 Å². The standard InChI is InChI=1S/C16H18O2/c1-17-16-7-3-5-14-13(4-2-6-15(14)16)12-8-10-18-11-9-12/h2-7,12H,8-11H2,1H3. The molecule has 0 bridgehead atoms. The Kier molecular flexibility index (Phi) is 3.20. The smallest absolute Gasteiger partial charge is 0.126 e. The third-order valence-electron chi connectivity index (χ3n) is 3.80. The Bertz CT molecular complexity index is 542. The van der Waals surface area contributed by atoms with Crippen molar-refractivity contribution in [3.63, 3.8) is 0 Å². The van der Waals surface area contributed by atoms with Gasteiger partial charge >= 0.3 is 0 Å². The van der Waals surface area contributed by atoms with Crippen molar-refractivity contribution in [2.45, 2.75) is 18.8 Å². The maximum absolute atomic E-state index is 5.45. The fraction of sp³-hybridized carbons (Fsp3) is 0.375. The van der Waals surface area contributed by atoms with Crippen molar-refractivity contribution in [2.24, 2.45) is 0 Å². The predicted molar refractivity (Wildman–Crippen MR) is 73.3 cm³/mol. The molecule has 1 aliphatic heterocycles. The van der Waals surface area contributed by atoms with Crippen molar-refractivity contribution in [2.75, 3.05) is 20.3 Å². The van der Waals surface area contributed by atoms with Gasteiger partial charge in [0.1, 0.15) is 5.75 Å². The Hall–Kier alpha value is -1.54. The van der Waals surface area contributed by atoms with E-state index in [1.165, 1.54) is 16.3 Å². The van der Waals surface area contributed by atoms with Crippen molar-refractivity contribution in [3.05, 3.63) is 42.0 Å². The summed E-state index contributed by atoms with van der Waals surface area (Å²) in [5.41, 5.74) is 1.44. The summed E-state index contributed by atoms with van der Waals surface area (Å²) < 4.78 is 10.9. The van der Waals surface area contributed by atoms with Crippen molar-refractivity contribution < 1.29 is 9.47 Å². The summed E-state index contributed by atoms with van der Waals surface area (Å²) >= 11 is 0. The summed E-state index contributed by atoms with van der Waals surface area (Å²) in [5.74, 6) is 1.58. The van der Waals surface area contributed by atoms with E-state index in [-0.39, 0.29) is 0 Å². The minimum atomic E-state index is 0.620. The Morgan fingerprint density at radius 3 is 2.50 bits per heavy atom. The molecule has 2 nitrogen and oxygen atoms in total. The van der Waals surface area contributed by atoms with Gasteiger partial charge in [0.25, 0.3) is 0 Å². The van der Waals surface area contributed by atoms with Crippen LogP contribution in [0.5, 0.6) is 5.75 Å². The largest absolute Gasteiger partial charge is 0.496 e. The molecule has 1 saturated heterocycles. The first-order valence-electron chi connectivity index (χ1n) is 6.53. The van der Waals surface area contributed by atoms with E-state index in [1.54, 1.807) is 7.11 Å². The molecule has 18 heavy (non-hydrogen) atoms. The van der Waals surface area contributed by atoms with Gasteiger partial charge in [0.15, 0.2) is 0 Å². The molecule has 2 heteroatoms. The van der Waals surface area contributed by atoms with Crippen molar-refractivity contribution in [1.29, 1.82) is 0 Å². The normalized spacial score (nSPS) is 16.9. The van der Waals surface area contributed by atoms with Crippen LogP contribution in [0.25, 0.3) is 10.8 Å². The Balaban J connectivity index is 2.11. The number of hydrogen-bond acceptors (Lipinski definition) is 2. The van der Waals surface area contributed by atoms with Gasteiger partial charge in [-0.05, 0) is 35.8 Å². The van der Waals surface area contributed by atoms with E-state index in [0.717, 1.165) is 31.8 Å². The lowest BCUT2D eigenvalue weighted by molar-refractivity contribution is 0.0856. The molecule has 1 fully saturated rings. The van der Waals surface area contributed by atoms with E-state index < -0.39 is 0 Å². The van der Waals surface area contributed by atoms with Crippen LogP contribution < -0.4 is 4.74 Å². The van der Waals surface area contributed by atoms with Crippen LogP contribution in [0.1, 0.15) is 24.3 Å². The summed E-state index contributed by atoms with van der Waals surface area (Å²) in [7, 11) is 1.73. The quantitative estimate of drug-likeness (QED) is 0.798. The van der Waals surface area contributed by atoms with Crippen LogP contribution >= 0.6 is 0 Å². The number of ether oxygens (including phenoxy) is 2. The molecule has 0 amide bonds. The minimum absolute atomic E-state index is 0.620. The Morgan fingerprint density at radius 2 is 1.72 bits per heavy atom. The Morgan fingerprint density at radius 1 is 1.00 bits per heavy atom. The van der Waals surface area contributed by atoms with Gasteiger partial charge in [0.05, 0.1) is 7.11 Å². The highest BCUT2D eigenvalue weighted by Gasteiger charge is 2.18. The van der Waals surface area contributed by atoms with Crippen molar-refractivity contribution >= 4 is 10.8 Å². The zero-order valence-electron chi connectivity index (χ0n) is 10.7. The van der Waals surface area contributed by atoms with Gasteiger partial charge in [0.2, 0.25) is 0 Å². The van der Waals surface area contributed by atoms with Crippen molar-refractivity contribution in [3.8, 4) is 5.75 Å². The van der Waals surface area contributed by atoms with E-state index in [4.69, 9.17) is 9.47 Å². The molecular formula is C16H18O2. The highest BCUT2D eigenvalue weighted by Crippen LogP contribution is 2.35. The molecule has 0 unspecified atom stereocenters. The second-order valence-corrected chi connectivity index (χ2v) is 4.79. The molecule has 0 aliphatic carbocycles. The van der Waals surface area contributed by atoms with E-state index in [0.29, 0.717) is 5.92 Å². The number of benzene rings is 2. The van der Waals surface area contributed by atoms with Gasteiger partial charge in [-0.1, -0.05) is 30.3 Å². The second-order valence-electron chi connectivity index (χ2n) is 4.79. The summed E-state index contributed by atoms with van der Waals surface area (Å²) in [4.78, 5) is 0. The summed E-state index contributed by atoms with van der Waals surface area (Å²) in [6.45, 7) is 1.76. The number of methoxy groups -OCH3 is 1. The van der Waals surface area contributed by atoms with Gasteiger partial charge in [0, 0.05) is 18.6 Å². The van der Waals surface area contributed by atoms with Crippen LogP contribution in [0.4, 0.5) is 0 Å². The molecule has 1 heterocycles. The molecule has 3 rings (SSSR count).